The quantitative estimate of drug-likeness (QED) is 0.820. The van der Waals surface area contributed by atoms with Crippen molar-refractivity contribution >= 4 is 17.4 Å². The maximum Gasteiger partial charge on any atom is 0.129 e. The maximum absolute atomic E-state index is 6.23. The Balaban J connectivity index is 2.05. The molecule has 0 saturated carbocycles. The Morgan fingerprint density at radius 3 is 2.86 bits per heavy atom. The van der Waals surface area contributed by atoms with Crippen LogP contribution < -0.4 is 10.2 Å². The smallest absolute Gasteiger partial charge is 0.129 e. The average Bonchev–Trinajstić information content (AvgIpc) is 2.47. The molecule has 1 aliphatic heterocycles. The zero-order valence-electron chi connectivity index (χ0n) is 13.0. The first kappa shape index (κ1) is 16.3. The first-order valence-corrected chi connectivity index (χ1v) is 7.78. The van der Waals surface area contributed by atoms with Crippen LogP contribution in [0.1, 0.15) is 26.0 Å². The van der Waals surface area contributed by atoms with Crippen molar-refractivity contribution in [3.05, 3.63) is 34.5 Å². The molecule has 0 unspecified atom stereocenters. The van der Waals surface area contributed by atoms with Gasteiger partial charge in [0.15, 0.2) is 0 Å². The summed E-state index contributed by atoms with van der Waals surface area (Å²) >= 11 is 6.23. The monoisotopic (exact) mass is 309 g/mol. The van der Waals surface area contributed by atoms with Crippen molar-refractivity contribution in [3.8, 4) is 0 Å². The minimum atomic E-state index is 0.418. The standard InChI is InChI=1S/C16H24ClN3O/c1-12(2)18-10-15-14(17)4-5-16(19-15)20-8-6-13(7-9-20)11-21-3/h4-6,12,18H,7-11H2,1-3H3. The van der Waals surface area contributed by atoms with Crippen molar-refractivity contribution in [2.75, 3.05) is 31.7 Å². The Morgan fingerprint density at radius 1 is 1.43 bits per heavy atom. The summed E-state index contributed by atoms with van der Waals surface area (Å²) in [5.41, 5.74) is 2.28. The fourth-order valence-electron chi connectivity index (χ4n) is 2.31. The number of methoxy groups -OCH3 is 1. The highest BCUT2D eigenvalue weighted by Crippen LogP contribution is 2.22. The first-order valence-electron chi connectivity index (χ1n) is 7.40. The Hall–Kier alpha value is -1.10. The summed E-state index contributed by atoms with van der Waals surface area (Å²) < 4.78 is 5.18. The van der Waals surface area contributed by atoms with E-state index in [1.54, 1.807) is 7.11 Å². The molecule has 1 aromatic rings. The van der Waals surface area contributed by atoms with E-state index in [9.17, 15) is 0 Å². The summed E-state index contributed by atoms with van der Waals surface area (Å²) in [7, 11) is 1.74. The Labute approximate surface area is 132 Å². The minimum Gasteiger partial charge on any atom is -0.380 e. The molecular weight excluding hydrogens is 286 g/mol. The predicted molar refractivity (Wildman–Crippen MR) is 88.0 cm³/mol. The number of rotatable bonds is 6. The molecular formula is C16H24ClN3O. The highest BCUT2D eigenvalue weighted by molar-refractivity contribution is 6.31. The van der Waals surface area contributed by atoms with Gasteiger partial charge in [-0.25, -0.2) is 4.98 Å². The molecule has 0 radical (unpaired) electrons. The van der Waals surface area contributed by atoms with Crippen LogP contribution in [0.2, 0.25) is 5.02 Å². The van der Waals surface area contributed by atoms with Crippen molar-refractivity contribution in [2.24, 2.45) is 0 Å². The molecule has 0 fully saturated rings. The third-order valence-corrected chi connectivity index (χ3v) is 3.88. The molecule has 0 atom stereocenters. The first-order chi connectivity index (χ1) is 10.1. The second-order valence-corrected chi connectivity index (χ2v) is 6.03. The molecule has 1 N–H and O–H groups in total. The number of pyridine rings is 1. The maximum atomic E-state index is 6.23. The summed E-state index contributed by atoms with van der Waals surface area (Å²) in [5.74, 6) is 0.993. The zero-order valence-corrected chi connectivity index (χ0v) is 13.8. The topological polar surface area (TPSA) is 37.4 Å². The van der Waals surface area contributed by atoms with Crippen LogP contribution in [0.25, 0.3) is 0 Å². The largest absolute Gasteiger partial charge is 0.380 e. The summed E-state index contributed by atoms with van der Waals surface area (Å²) in [6.07, 6.45) is 3.26. The molecule has 4 nitrogen and oxygen atoms in total. The van der Waals surface area contributed by atoms with Crippen molar-refractivity contribution in [2.45, 2.75) is 32.9 Å². The van der Waals surface area contributed by atoms with E-state index in [1.165, 1.54) is 5.57 Å². The van der Waals surface area contributed by atoms with Crippen LogP contribution >= 0.6 is 11.6 Å². The summed E-state index contributed by atoms with van der Waals surface area (Å²) in [6, 6.07) is 4.35. The van der Waals surface area contributed by atoms with Crippen LogP contribution in [-0.2, 0) is 11.3 Å². The van der Waals surface area contributed by atoms with E-state index in [4.69, 9.17) is 21.3 Å². The molecule has 2 heterocycles. The number of hydrogen-bond acceptors (Lipinski definition) is 4. The van der Waals surface area contributed by atoms with E-state index in [0.717, 1.165) is 42.7 Å². The molecule has 0 saturated heterocycles. The SMILES string of the molecule is COCC1=CCN(c2ccc(Cl)c(CNC(C)C)n2)CC1. The molecule has 0 amide bonds. The third kappa shape index (κ3) is 4.70. The van der Waals surface area contributed by atoms with Gasteiger partial charge in [-0.15, -0.1) is 0 Å². The number of halogens is 1. The van der Waals surface area contributed by atoms with Gasteiger partial charge in [0.2, 0.25) is 0 Å². The van der Waals surface area contributed by atoms with Crippen molar-refractivity contribution in [1.29, 1.82) is 0 Å². The number of hydrogen-bond donors (Lipinski definition) is 1. The Kier molecular flexibility index (Phi) is 6.03. The van der Waals surface area contributed by atoms with E-state index in [0.29, 0.717) is 12.6 Å². The van der Waals surface area contributed by atoms with Gasteiger partial charge in [0, 0.05) is 32.8 Å². The molecule has 0 spiro atoms. The highest BCUT2D eigenvalue weighted by Gasteiger charge is 2.14. The third-order valence-electron chi connectivity index (χ3n) is 3.54. The molecule has 0 aliphatic carbocycles. The van der Waals surface area contributed by atoms with Crippen molar-refractivity contribution in [3.63, 3.8) is 0 Å². The second-order valence-electron chi connectivity index (χ2n) is 5.62. The lowest BCUT2D eigenvalue weighted by atomic mass is 10.1. The van der Waals surface area contributed by atoms with Gasteiger partial charge in [0.05, 0.1) is 17.3 Å². The van der Waals surface area contributed by atoms with Gasteiger partial charge in [0.25, 0.3) is 0 Å². The zero-order chi connectivity index (χ0) is 15.2. The van der Waals surface area contributed by atoms with Crippen LogP contribution in [0, 0.1) is 0 Å². The van der Waals surface area contributed by atoms with E-state index in [1.807, 2.05) is 12.1 Å². The Morgan fingerprint density at radius 2 is 2.24 bits per heavy atom. The van der Waals surface area contributed by atoms with Crippen LogP contribution in [0.4, 0.5) is 5.82 Å². The summed E-state index contributed by atoms with van der Waals surface area (Å²) in [4.78, 5) is 6.98. The lowest BCUT2D eigenvalue weighted by Gasteiger charge is -2.28. The lowest BCUT2D eigenvalue weighted by Crippen LogP contribution is -2.30. The minimum absolute atomic E-state index is 0.418. The van der Waals surface area contributed by atoms with Gasteiger partial charge in [0.1, 0.15) is 5.82 Å². The lowest BCUT2D eigenvalue weighted by molar-refractivity contribution is 0.222. The molecule has 2 rings (SSSR count). The predicted octanol–water partition coefficient (Wildman–Crippen LogP) is 3.02. The van der Waals surface area contributed by atoms with Crippen molar-refractivity contribution in [1.82, 2.24) is 10.3 Å². The van der Waals surface area contributed by atoms with Crippen molar-refractivity contribution < 1.29 is 4.74 Å². The number of ether oxygens (including phenoxy) is 1. The van der Waals surface area contributed by atoms with Crippen LogP contribution in [-0.4, -0.2) is 37.8 Å². The van der Waals surface area contributed by atoms with Gasteiger partial charge in [-0.3, -0.25) is 0 Å². The number of nitrogens with zero attached hydrogens (tertiary/aromatic N) is 2. The van der Waals surface area contributed by atoms with E-state index >= 15 is 0 Å². The molecule has 21 heavy (non-hydrogen) atoms. The van der Waals surface area contributed by atoms with Gasteiger partial charge in [-0.05, 0) is 24.1 Å². The van der Waals surface area contributed by atoms with E-state index in [2.05, 4.69) is 30.1 Å². The molecule has 0 aromatic carbocycles. The number of anilines is 1. The van der Waals surface area contributed by atoms with Crippen LogP contribution in [0.3, 0.4) is 0 Å². The second kappa shape index (κ2) is 7.78. The van der Waals surface area contributed by atoms with Crippen LogP contribution in [0.5, 0.6) is 0 Å². The van der Waals surface area contributed by atoms with E-state index < -0.39 is 0 Å². The normalized spacial score (nSPS) is 15.5. The molecule has 1 aliphatic rings. The summed E-state index contributed by atoms with van der Waals surface area (Å²) in [6.45, 7) is 7.51. The van der Waals surface area contributed by atoms with Crippen LogP contribution in [0.15, 0.2) is 23.8 Å². The summed E-state index contributed by atoms with van der Waals surface area (Å²) in [5, 5.41) is 4.08. The Bertz CT molecular complexity index is 502. The number of aromatic nitrogens is 1. The molecule has 5 heteroatoms. The number of nitrogens with one attached hydrogen (secondary N) is 1. The molecule has 0 bridgehead atoms. The van der Waals surface area contributed by atoms with Gasteiger partial charge < -0.3 is 15.0 Å². The molecule has 116 valence electrons. The fourth-order valence-corrected chi connectivity index (χ4v) is 2.48. The van der Waals surface area contributed by atoms with E-state index in [-0.39, 0.29) is 0 Å². The molecule has 1 aromatic heterocycles. The van der Waals surface area contributed by atoms with Gasteiger partial charge >= 0.3 is 0 Å². The van der Waals surface area contributed by atoms with Gasteiger partial charge in [-0.2, -0.15) is 0 Å². The highest BCUT2D eigenvalue weighted by atomic mass is 35.5. The average molecular weight is 310 g/mol. The van der Waals surface area contributed by atoms with Gasteiger partial charge in [-0.1, -0.05) is 31.5 Å². The fraction of sp³-hybridized carbons (Fsp3) is 0.562.